The second-order valence-corrected chi connectivity index (χ2v) is 6.03. The first-order valence-electron chi connectivity index (χ1n) is 8.15. The van der Waals surface area contributed by atoms with Crippen molar-refractivity contribution in [2.75, 3.05) is 23.3 Å². The van der Waals surface area contributed by atoms with Gasteiger partial charge in [0.05, 0.1) is 0 Å². The molecule has 2 heterocycles. The van der Waals surface area contributed by atoms with Crippen LogP contribution in [0.4, 0.5) is 17.5 Å². The van der Waals surface area contributed by atoms with Gasteiger partial charge in [0, 0.05) is 25.0 Å². The van der Waals surface area contributed by atoms with Gasteiger partial charge in [0.25, 0.3) is 0 Å². The zero-order chi connectivity index (χ0) is 15.4. The standard InChI is InChI=1S/C18H24N4/c1-14-8-7-9-15(2)17(14)21-18-19-11-10-16(20-18)22-12-5-3-4-6-13-22/h7-11H,3-6,12-13H2,1-2H3,(H,19,20,21). The summed E-state index contributed by atoms with van der Waals surface area (Å²) in [6, 6.07) is 8.30. The van der Waals surface area contributed by atoms with Crippen LogP contribution in [-0.2, 0) is 0 Å². The fourth-order valence-corrected chi connectivity index (χ4v) is 3.01. The van der Waals surface area contributed by atoms with Gasteiger partial charge in [-0.3, -0.25) is 0 Å². The van der Waals surface area contributed by atoms with Gasteiger partial charge in [-0.15, -0.1) is 0 Å². The van der Waals surface area contributed by atoms with Gasteiger partial charge in [0.2, 0.25) is 5.95 Å². The molecule has 1 saturated heterocycles. The minimum Gasteiger partial charge on any atom is -0.356 e. The minimum absolute atomic E-state index is 0.680. The van der Waals surface area contributed by atoms with Crippen LogP contribution in [0.3, 0.4) is 0 Å². The van der Waals surface area contributed by atoms with E-state index in [0.29, 0.717) is 5.95 Å². The van der Waals surface area contributed by atoms with Gasteiger partial charge in [0.15, 0.2) is 0 Å². The Kier molecular flexibility index (Phi) is 4.56. The predicted molar refractivity (Wildman–Crippen MR) is 91.9 cm³/mol. The van der Waals surface area contributed by atoms with Crippen molar-refractivity contribution in [2.24, 2.45) is 0 Å². The van der Waals surface area contributed by atoms with Crippen LogP contribution in [0.1, 0.15) is 36.8 Å². The molecule has 0 radical (unpaired) electrons. The quantitative estimate of drug-likeness (QED) is 0.921. The first-order valence-corrected chi connectivity index (χ1v) is 8.15. The maximum atomic E-state index is 4.72. The highest BCUT2D eigenvalue weighted by atomic mass is 15.2. The van der Waals surface area contributed by atoms with Crippen molar-refractivity contribution in [1.82, 2.24) is 9.97 Å². The van der Waals surface area contributed by atoms with Crippen LogP contribution >= 0.6 is 0 Å². The smallest absolute Gasteiger partial charge is 0.229 e. The van der Waals surface area contributed by atoms with Gasteiger partial charge < -0.3 is 10.2 Å². The number of para-hydroxylation sites is 1. The van der Waals surface area contributed by atoms with Gasteiger partial charge in [-0.05, 0) is 43.9 Å². The van der Waals surface area contributed by atoms with E-state index in [9.17, 15) is 0 Å². The number of nitrogens with one attached hydrogen (secondary N) is 1. The van der Waals surface area contributed by atoms with Crippen molar-refractivity contribution >= 4 is 17.5 Å². The lowest BCUT2D eigenvalue weighted by Crippen LogP contribution is -2.25. The summed E-state index contributed by atoms with van der Waals surface area (Å²) in [4.78, 5) is 11.5. The average molecular weight is 296 g/mol. The third kappa shape index (κ3) is 3.38. The summed E-state index contributed by atoms with van der Waals surface area (Å²) >= 11 is 0. The molecule has 0 amide bonds. The van der Waals surface area contributed by atoms with E-state index < -0.39 is 0 Å². The summed E-state index contributed by atoms with van der Waals surface area (Å²) in [6.45, 7) is 6.40. The molecule has 116 valence electrons. The molecular weight excluding hydrogens is 272 g/mol. The summed E-state index contributed by atoms with van der Waals surface area (Å²) in [5.41, 5.74) is 3.53. The lowest BCUT2D eigenvalue weighted by molar-refractivity contribution is 0.726. The molecule has 1 aliphatic heterocycles. The van der Waals surface area contributed by atoms with Crippen LogP contribution in [0.2, 0.25) is 0 Å². The fourth-order valence-electron chi connectivity index (χ4n) is 3.01. The number of aromatic nitrogens is 2. The monoisotopic (exact) mass is 296 g/mol. The van der Waals surface area contributed by atoms with E-state index in [-0.39, 0.29) is 0 Å². The zero-order valence-corrected chi connectivity index (χ0v) is 13.5. The Morgan fingerprint density at radius 1 is 0.955 bits per heavy atom. The van der Waals surface area contributed by atoms with E-state index in [0.717, 1.165) is 24.6 Å². The first kappa shape index (κ1) is 14.8. The molecule has 0 aliphatic carbocycles. The number of benzene rings is 1. The molecule has 2 aromatic rings. The normalized spacial score (nSPS) is 15.5. The van der Waals surface area contributed by atoms with Gasteiger partial charge in [-0.1, -0.05) is 31.0 Å². The maximum absolute atomic E-state index is 4.72. The van der Waals surface area contributed by atoms with E-state index in [1.807, 2.05) is 12.3 Å². The van der Waals surface area contributed by atoms with Gasteiger partial charge >= 0.3 is 0 Å². The molecule has 1 aliphatic rings. The Bertz CT molecular complexity index is 610. The first-order chi connectivity index (χ1) is 10.7. The van der Waals surface area contributed by atoms with E-state index in [1.165, 1.54) is 36.8 Å². The molecule has 1 fully saturated rings. The molecule has 0 saturated carbocycles. The summed E-state index contributed by atoms with van der Waals surface area (Å²) in [7, 11) is 0. The average Bonchev–Trinajstić information content (AvgIpc) is 2.81. The lowest BCUT2D eigenvalue weighted by Gasteiger charge is -2.21. The molecule has 22 heavy (non-hydrogen) atoms. The molecule has 1 aromatic carbocycles. The summed E-state index contributed by atoms with van der Waals surface area (Å²) in [6.07, 6.45) is 7.01. The van der Waals surface area contributed by atoms with Crippen molar-refractivity contribution in [3.05, 3.63) is 41.6 Å². The van der Waals surface area contributed by atoms with Crippen LogP contribution in [0.15, 0.2) is 30.5 Å². The minimum atomic E-state index is 0.680. The number of nitrogens with zero attached hydrogens (tertiary/aromatic N) is 3. The van der Waals surface area contributed by atoms with Gasteiger partial charge in [-0.25, -0.2) is 4.98 Å². The van der Waals surface area contributed by atoms with Crippen molar-refractivity contribution < 1.29 is 0 Å². The molecule has 0 bridgehead atoms. The highest BCUT2D eigenvalue weighted by molar-refractivity contribution is 5.63. The lowest BCUT2D eigenvalue weighted by atomic mass is 10.1. The molecule has 4 nitrogen and oxygen atoms in total. The molecule has 4 heteroatoms. The van der Waals surface area contributed by atoms with E-state index in [2.05, 4.69) is 47.2 Å². The highest BCUT2D eigenvalue weighted by Crippen LogP contribution is 2.24. The van der Waals surface area contributed by atoms with Crippen molar-refractivity contribution in [3.63, 3.8) is 0 Å². The summed E-state index contributed by atoms with van der Waals surface area (Å²) in [5, 5.41) is 3.39. The molecular formula is C18H24N4. The molecule has 3 rings (SSSR count). The number of hydrogen-bond acceptors (Lipinski definition) is 4. The molecule has 1 aromatic heterocycles. The zero-order valence-electron chi connectivity index (χ0n) is 13.5. The summed E-state index contributed by atoms with van der Waals surface area (Å²) in [5.74, 6) is 1.71. The van der Waals surface area contributed by atoms with E-state index >= 15 is 0 Å². The van der Waals surface area contributed by atoms with Crippen LogP contribution in [-0.4, -0.2) is 23.1 Å². The number of aryl methyl sites for hydroxylation is 2. The van der Waals surface area contributed by atoms with Gasteiger partial charge in [-0.2, -0.15) is 4.98 Å². The summed E-state index contributed by atoms with van der Waals surface area (Å²) < 4.78 is 0. The number of hydrogen-bond donors (Lipinski definition) is 1. The molecule has 0 unspecified atom stereocenters. The molecule has 0 spiro atoms. The second kappa shape index (κ2) is 6.77. The second-order valence-electron chi connectivity index (χ2n) is 6.03. The molecule has 0 atom stereocenters. The number of anilines is 3. The van der Waals surface area contributed by atoms with Crippen molar-refractivity contribution in [1.29, 1.82) is 0 Å². The Hall–Kier alpha value is -2.10. The highest BCUT2D eigenvalue weighted by Gasteiger charge is 2.12. The van der Waals surface area contributed by atoms with Gasteiger partial charge in [0.1, 0.15) is 5.82 Å². The third-order valence-corrected chi connectivity index (χ3v) is 4.29. The van der Waals surface area contributed by atoms with Crippen LogP contribution in [0, 0.1) is 13.8 Å². The van der Waals surface area contributed by atoms with E-state index in [4.69, 9.17) is 4.98 Å². The maximum Gasteiger partial charge on any atom is 0.229 e. The number of rotatable bonds is 3. The Morgan fingerprint density at radius 2 is 1.64 bits per heavy atom. The topological polar surface area (TPSA) is 41.1 Å². The van der Waals surface area contributed by atoms with Crippen LogP contribution < -0.4 is 10.2 Å². The van der Waals surface area contributed by atoms with Crippen molar-refractivity contribution in [3.8, 4) is 0 Å². The van der Waals surface area contributed by atoms with E-state index in [1.54, 1.807) is 0 Å². The third-order valence-electron chi connectivity index (χ3n) is 4.29. The molecule has 1 N–H and O–H groups in total. The van der Waals surface area contributed by atoms with Crippen LogP contribution in [0.25, 0.3) is 0 Å². The predicted octanol–water partition coefficient (Wildman–Crippen LogP) is 4.22. The van der Waals surface area contributed by atoms with Crippen molar-refractivity contribution in [2.45, 2.75) is 39.5 Å². The largest absolute Gasteiger partial charge is 0.356 e. The fraction of sp³-hybridized carbons (Fsp3) is 0.444. The Balaban J connectivity index is 1.82. The van der Waals surface area contributed by atoms with Crippen LogP contribution in [0.5, 0.6) is 0 Å². The Morgan fingerprint density at radius 3 is 2.32 bits per heavy atom. The SMILES string of the molecule is Cc1cccc(C)c1Nc1nccc(N2CCCCCC2)n1. The Labute approximate surface area is 132 Å².